The molecule has 1 unspecified atom stereocenters. The SMILES string of the molecule is OC(CCc1cc(Cc2ccccn2)c[nH]1)c1nn[nH]n1. The number of aryl methyl sites for hydroxylation is 1. The molecule has 0 aromatic carbocycles. The van der Waals surface area contributed by atoms with Crippen LogP contribution >= 0.6 is 0 Å². The molecule has 3 heterocycles. The Labute approximate surface area is 121 Å². The van der Waals surface area contributed by atoms with Gasteiger partial charge in [-0.25, -0.2) is 0 Å². The summed E-state index contributed by atoms with van der Waals surface area (Å²) in [5.41, 5.74) is 3.29. The number of aliphatic hydroxyl groups excluding tert-OH is 1. The first kappa shape index (κ1) is 13.4. The fourth-order valence-corrected chi connectivity index (χ4v) is 2.18. The number of aromatic nitrogens is 6. The average molecular weight is 284 g/mol. The normalized spacial score (nSPS) is 12.4. The fourth-order valence-electron chi connectivity index (χ4n) is 2.18. The van der Waals surface area contributed by atoms with Crippen LogP contribution < -0.4 is 0 Å². The molecule has 0 aliphatic carbocycles. The van der Waals surface area contributed by atoms with E-state index in [1.54, 1.807) is 6.20 Å². The van der Waals surface area contributed by atoms with Crippen molar-refractivity contribution in [2.75, 3.05) is 0 Å². The molecule has 0 aliphatic rings. The molecule has 3 rings (SSSR count). The van der Waals surface area contributed by atoms with Gasteiger partial charge in [0.25, 0.3) is 0 Å². The van der Waals surface area contributed by atoms with Crippen LogP contribution in [0.2, 0.25) is 0 Å². The van der Waals surface area contributed by atoms with E-state index in [4.69, 9.17) is 0 Å². The van der Waals surface area contributed by atoms with Crippen LogP contribution in [0.4, 0.5) is 0 Å². The minimum atomic E-state index is -0.703. The maximum Gasteiger partial charge on any atom is 0.202 e. The largest absolute Gasteiger partial charge is 0.385 e. The van der Waals surface area contributed by atoms with Gasteiger partial charge in [0.05, 0.1) is 0 Å². The second-order valence-corrected chi connectivity index (χ2v) is 4.86. The highest BCUT2D eigenvalue weighted by Crippen LogP contribution is 2.16. The van der Waals surface area contributed by atoms with Gasteiger partial charge in [0.1, 0.15) is 6.10 Å². The lowest BCUT2D eigenvalue weighted by Crippen LogP contribution is -2.02. The van der Waals surface area contributed by atoms with Crippen molar-refractivity contribution < 1.29 is 5.11 Å². The molecule has 108 valence electrons. The third kappa shape index (κ3) is 3.51. The average Bonchev–Trinajstić information content (AvgIpc) is 3.17. The number of aliphatic hydroxyl groups is 1. The van der Waals surface area contributed by atoms with Gasteiger partial charge in [0.15, 0.2) is 0 Å². The maximum absolute atomic E-state index is 9.90. The Bertz CT molecular complexity index is 664. The van der Waals surface area contributed by atoms with Crippen molar-refractivity contribution in [3.05, 3.63) is 59.4 Å². The molecular weight excluding hydrogens is 268 g/mol. The van der Waals surface area contributed by atoms with Crippen molar-refractivity contribution in [2.45, 2.75) is 25.4 Å². The molecule has 0 aliphatic heterocycles. The number of nitrogens with zero attached hydrogens (tertiary/aromatic N) is 4. The molecular formula is C14H16N6O. The second kappa shape index (κ2) is 6.27. The summed E-state index contributed by atoms with van der Waals surface area (Å²) in [5, 5.41) is 23.2. The minimum Gasteiger partial charge on any atom is -0.385 e. The minimum absolute atomic E-state index is 0.329. The number of aromatic amines is 2. The van der Waals surface area contributed by atoms with Gasteiger partial charge in [-0.1, -0.05) is 11.3 Å². The summed E-state index contributed by atoms with van der Waals surface area (Å²) >= 11 is 0. The first-order valence-corrected chi connectivity index (χ1v) is 6.79. The predicted molar refractivity (Wildman–Crippen MR) is 75.3 cm³/mol. The van der Waals surface area contributed by atoms with Gasteiger partial charge >= 0.3 is 0 Å². The summed E-state index contributed by atoms with van der Waals surface area (Å²) in [6, 6.07) is 7.99. The van der Waals surface area contributed by atoms with Crippen LogP contribution in [0, 0.1) is 0 Å². The molecule has 0 amide bonds. The molecule has 0 spiro atoms. The van der Waals surface area contributed by atoms with Gasteiger partial charge in [-0.15, -0.1) is 10.2 Å². The lowest BCUT2D eigenvalue weighted by molar-refractivity contribution is 0.157. The van der Waals surface area contributed by atoms with Crippen LogP contribution in [0.25, 0.3) is 0 Å². The van der Waals surface area contributed by atoms with Crippen molar-refractivity contribution in [3.63, 3.8) is 0 Å². The standard InChI is InChI=1S/C14H16N6O/c21-13(14-17-19-20-18-14)5-4-12-8-10(9-16-12)7-11-3-1-2-6-15-11/h1-3,6,8-9,13,16,21H,4-5,7H2,(H,17,18,19,20). The number of pyridine rings is 1. The van der Waals surface area contributed by atoms with Gasteiger partial charge in [-0.3, -0.25) is 4.98 Å². The van der Waals surface area contributed by atoms with Crippen molar-refractivity contribution in [3.8, 4) is 0 Å². The molecule has 21 heavy (non-hydrogen) atoms. The molecule has 7 heteroatoms. The van der Waals surface area contributed by atoms with Crippen molar-refractivity contribution in [1.82, 2.24) is 30.6 Å². The van der Waals surface area contributed by atoms with Crippen molar-refractivity contribution in [1.29, 1.82) is 0 Å². The van der Waals surface area contributed by atoms with E-state index in [1.807, 2.05) is 24.4 Å². The topological polar surface area (TPSA) is 103 Å². The first-order chi connectivity index (χ1) is 10.3. The summed E-state index contributed by atoms with van der Waals surface area (Å²) in [6.45, 7) is 0. The lowest BCUT2D eigenvalue weighted by Gasteiger charge is -2.03. The Hall–Kier alpha value is -2.54. The monoisotopic (exact) mass is 284 g/mol. The van der Waals surface area contributed by atoms with Crippen molar-refractivity contribution >= 4 is 0 Å². The van der Waals surface area contributed by atoms with Gasteiger partial charge in [0, 0.05) is 30.2 Å². The zero-order chi connectivity index (χ0) is 14.5. The number of H-pyrrole nitrogens is 2. The quantitative estimate of drug-likeness (QED) is 0.630. The highest BCUT2D eigenvalue weighted by molar-refractivity contribution is 5.22. The lowest BCUT2D eigenvalue weighted by atomic mass is 10.1. The zero-order valence-corrected chi connectivity index (χ0v) is 11.4. The van der Waals surface area contributed by atoms with E-state index in [0.717, 1.165) is 24.2 Å². The predicted octanol–water partition coefficient (Wildman–Crippen LogP) is 1.18. The molecule has 0 saturated heterocycles. The van der Waals surface area contributed by atoms with E-state index in [-0.39, 0.29) is 0 Å². The summed E-state index contributed by atoms with van der Waals surface area (Å²) in [7, 11) is 0. The number of rotatable bonds is 6. The van der Waals surface area contributed by atoms with Crippen LogP contribution in [0.5, 0.6) is 0 Å². The van der Waals surface area contributed by atoms with Gasteiger partial charge in [0.2, 0.25) is 5.82 Å². The molecule has 0 saturated carbocycles. The third-order valence-electron chi connectivity index (χ3n) is 3.26. The van der Waals surface area contributed by atoms with E-state index >= 15 is 0 Å². The van der Waals surface area contributed by atoms with Crippen LogP contribution in [0.3, 0.4) is 0 Å². The molecule has 3 N–H and O–H groups in total. The molecule has 0 radical (unpaired) electrons. The summed E-state index contributed by atoms with van der Waals surface area (Å²) < 4.78 is 0. The Morgan fingerprint density at radius 3 is 3.00 bits per heavy atom. The third-order valence-corrected chi connectivity index (χ3v) is 3.26. The fraction of sp³-hybridized carbons (Fsp3) is 0.286. The van der Waals surface area contributed by atoms with E-state index in [0.29, 0.717) is 12.2 Å². The molecule has 3 aromatic rings. The van der Waals surface area contributed by atoms with Crippen LogP contribution in [-0.2, 0) is 12.8 Å². The second-order valence-electron chi connectivity index (χ2n) is 4.86. The molecule has 3 aromatic heterocycles. The summed E-state index contributed by atoms with van der Waals surface area (Å²) in [4.78, 5) is 7.53. The Morgan fingerprint density at radius 1 is 1.29 bits per heavy atom. The van der Waals surface area contributed by atoms with E-state index in [2.05, 4.69) is 36.7 Å². The Morgan fingerprint density at radius 2 is 2.24 bits per heavy atom. The number of tetrazole rings is 1. The molecule has 1 atom stereocenters. The van der Waals surface area contributed by atoms with E-state index < -0.39 is 6.10 Å². The Kier molecular flexibility index (Phi) is 4.02. The van der Waals surface area contributed by atoms with Gasteiger partial charge in [-0.05, 0) is 36.6 Å². The van der Waals surface area contributed by atoms with E-state index in [9.17, 15) is 5.11 Å². The number of nitrogens with one attached hydrogen (secondary N) is 2. The smallest absolute Gasteiger partial charge is 0.202 e. The van der Waals surface area contributed by atoms with Gasteiger partial charge < -0.3 is 10.1 Å². The zero-order valence-electron chi connectivity index (χ0n) is 11.4. The van der Waals surface area contributed by atoms with Crippen LogP contribution in [0.1, 0.15) is 35.3 Å². The summed E-state index contributed by atoms with van der Waals surface area (Å²) in [6.07, 6.45) is 5.13. The highest BCUT2D eigenvalue weighted by Gasteiger charge is 2.12. The van der Waals surface area contributed by atoms with Crippen LogP contribution in [-0.4, -0.2) is 35.7 Å². The maximum atomic E-state index is 9.90. The number of hydrogen-bond donors (Lipinski definition) is 3. The summed E-state index contributed by atoms with van der Waals surface area (Å²) in [5.74, 6) is 0.329. The first-order valence-electron chi connectivity index (χ1n) is 6.79. The van der Waals surface area contributed by atoms with Gasteiger partial charge in [-0.2, -0.15) is 5.21 Å². The molecule has 7 nitrogen and oxygen atoms in total. The molecule has 0 bridgehead atoms. The highest BCUT2D eigenvalue weighted by atomic mass is 16.3. The Balaban J connectivity index is 1.55. The molecule has 0 fully saturated rings. The van der Waals surface area contributed by atoms with Crippen molar-refractivity contribution in [2.24, 2.45) is 0 Å². The number of hydrogen-bond acceptors (Lipinski definition) is 5. The van der Waals surface area contributed by atoms with E-state index in [1.165, 1.54) is 5.56 Å². The van der Waals surface area contributed by atoms with Crippen LogP contribution in [0.15, 0.2) is 36.7 Å².